The van der Waals surface area contributed by atoms with E-state index in [2.05, 4.69) is 31.3 Å². The molecule has 2 aromatic carbocycles. The fourth-order valence-electron chi connectivity index (χ4n) is 2.76. The van der Waals surface area contributed by atoms with Crippen LogP contribution in [0.3, 0.4) is 0 Å². The molecule has 1 aliphatic rings. The lowest BCUT2D eigenvalue weighted by Crippen LogP contribution is -2.42. The van der Waals surface area contributed by atoms with Crippen molar-refractivity contribution in [2.45, 2.75) is 32.3 Å². The van der Waals surface area contributed by atoms with Crippen molar-refractivity contribution >= 4 is 18.1 Å². The van der Waals surface area contributed by atoms with Crippen LogP contribution in [0.5, 0.6) is 17.2 Å². The second-order valence-corrected chi connectivity index (χ2v) is 7.76. The third kappa shape index (κ3) is 5.28. The smallest absolute Gasteiger partial charge is 0.284 e. The third-order valence-corrected chi connectivity index (χ3v) is 4.40. The summed E-state index contributed by atoms with van der Waals surface area (Å²) in [5.74, 6) is -0.389. The fraction of sp³-hybridized carbons (Fsp3) is 0.318. The second-order valence-electron chi connectivity index (χ2n) is 7.76. The zero-order chi connectivity index (χ0) is 21.7. The number of para-hydroxylation sites is 1. The largest absolute Gasteiger partial charge is 0.546 e. The predicted molar refractivity (Wildman–Crippen MR) is 108 cm³/mol. The molecule has 0 saturated heterocycles. The number of benzene rings is 2. The number of rotatable bonds is 6. The Hall–Kier alpha value is -3.55. The maximum Gasteiger partial charge on any atom is 0.284 e. The number of amides is 1. The van der Waals surface area contributed by atoms with Gasteiger partial charge in [-0.2, -0.15) is 5.10 Å². The molecule has 1 aliphatic heterocycles. The highest BCUT2D eigenvalue weighted by atomic mass is 16.6. The van der Waals surface area contributed by atoms with E-state index >= 15 is 0 Å². The summed E-state index contributed by atoms with van der Waals surface area (Å²) >= 11 is 0. The molecule has 0 aromatic heterocycles. The van der Waals surface area contributed by atoms with Gasteiger partial charge in [0.1, 0.15) is 19.0 Å². The van der Waals surface area contributed by atoms with E-state index in [0.717, 1.165) is 5.56 Å². The zero-order valence-electron chi connectivity index (χ0n) is 17.0. The van der Waals surface area contributed by atoms with Crippen LogP contribution >= 0.6 is 0 Å². The number of hydrogen-bond acceptors (Lipinski definition) is 7. The number of nitrogens with zero attached hydrogens (tertiary/aromatic N) is 1. The summed E-state index contributed by atoms with van der Waals surface area (Å²) in [6.07, 6.45) is 0.507. The lowest BCUT2D eigenvalue weighted by Gasteiger charge is -2.27. The normalized spacial score (nSPS) is 15.6. The van der Waals surface area contributed by atoms with Gasteiger partial charge in [-0.1, -0.05) is 39.0 Å². The van der Waals surface area contributed by atoms with Gasteiger partial charge in [-0.25, -0.2) is 5.43 Å². The van der Waals surface area contributed by atoms with Gasteiger partial charge in [-0.3, -0.25) is 4.79 Å². The van der Waals surface area contributed by atoms with Crippen LogP contribution < -0.4 is 24.7 Å². The van der Waals surface area contributed by atoms with Gasteiger partial charge >= 0.3 is 0 Å². The van der Waals surface area contributed by atoms with Crippen LogP contribution in [0.1, 0.15) is 31.9 Å². The monoisotopic (exact) mass is 411 g/mol. The topological polar surface area (TPSA) is 109 Å². The maximum atomic E-state index is 12.4. The first-order valence-electron chi connectivity index (χ1n) is 9.42. The van der Waals surface area contributed by atoms with Crippen molar-refractivity contribution in [2.24, 2.45) is 5.10 Å². The number of carboxylic acid groups (broad SMARTS) is 1. The van der Waals surface area contributed by atoms with Crippen molar-refractivity contribution in [3.63, 3.8) is 0 Å². The molecule has 0 radical (unpaired) electrons. The van der Waals surface area contributed by atoms with E-state index < -0.39 is 24.6 Å². The molecule has 1 heterocycles. The number of carboxylic acids is 1. The molecular formula is C22H23N2O6-. The number of carbonyl (C=O) groups is 2. The molecule has 1 N–H and O–H groups in total. The molecule has 3 rings (SSSR count). The van der Waals surface area contributed by atoms with E-state index in [-0.39, 0.29) is 12.0 Å². The Morgan fingerprint density at radius 2 is 2.00 bits per heavy atom. The molecule has 8 nitrogen and oxygen atoms in total. The van der Waals surface area contributed by atoms with Crippen LogP contribution in [0.4, 0.5) is 0 Å². The Balaban J connectivity index is 1.63. The minimum Gasteiger partial charge on any atom is -0.546 e. The molecule has 0 fully saturated rings. The molecule has 1 amide bonds. The minimum atomic E-state index is -1.33. The van der Waals surface area contributed by atoms with Crippen LogP contribution in [-0.4, -0.2) is 37.4 Å². The van der Waals surface area contributed by atoms with E-state index in [0.29, 0.717) is 22.8 Å². The van der Waals surface area contributed by atoms with Crippen molar-refractivity contribution in [3.8, 4) is 17.2 Å². The number of hydrazone groups is 1. The van der Waals surface area contributed by atoms with Gasteiger partial charge < -0.3 is 24.1 Å². The van der Waals surface area contributed by atoms with Crippen LogP contribution in [0, 0.1) is 0 Å². The van der Waals surface area contributed by atoms with Crippen LogP contribution in [0.25, 0.3) is 0 Å². The quantitative estimate of drug-likeness (QED) is 0.569. The Labute approximate surface area is 174 Å². The molecule has 158 valence electrons. The number of ether oxygens (including phenoxy) is 3. The molecule has 30 heavy (non-hydrogen) atoms. The van der Waals surface area contributed by atoms with Gasteiger partial charge in [0.05, 0.1) is 12.2 Å². The maximum absolute atomic E-state index is 12.4. The fourth-order valence-corrected chi connectivity index (χ4v) is 2.76. The standard InChI is InChI=1S/C22H24N2O6/c1-22(2,3)15-8-9-17-18(10-15)30-19(12-28-17)21(27)24-23-11-14-6-4-5-7-16(14)29-13-20(25)26/h4-11,19H,12-13H2,1-3H3,(H,24,27)(H,25,26)/p-1/b23-11-/t19-/m1/s1. The average Bonchev–Trinajstić information content (AvgIpc) is 2.71. The Morgan fingerprint density at radius 1 is 1.23 bits per heavy atom. The molecule has 0 aliphatic carbocycles. The number of aliphatic carboxylic acids is 1. The first-order valence-corrected chi connectivity index (χ1v) is 9.42. The van der Waals surface area contributed by atoms with Crippen LogP contribution in [0.2, 0.25) is 0 Å². The van der Waals surface area contributed by atoms with E-state index in [1.54, 1.807) is 24.3 Å². The Bertz CT molecular complexity index is 964. The van der Waals surface area contributed by atoms with Crippen molar-refractivity contribution in [3.05, 3.63) is 53.6 Å². The summed E-state index contributed by atoms with van der Waals surface area (Å²) < 4.78 is 16.6. The Morgan fingerprint density at radius 3 is 2.73 bits per heavy atom. The van der Waals surface area contributed by atoms with Crippen LogP contribution in [0.15, 0.2) is 47.6 Å². The van der Waals surface area contributed by atoms with Gasteiger partial charge in [0.25, 0.3) is 5.91 Å². The second kappa shape index (κ2) is 8.86. The average molecular weight is 411 g/mol. The molecule has 8 heteroatoms. The molecule has 0 bridgehead atoms. The van der Waals surface area contributed by atoms with Crippen molar-refractivity contribution in [1.29, 1.82) is 0 Å². The molecule has 1 atom stereocenters. The molecule has 0 saturated carbocycles. The number of nitrogens with one attached hydrogen (secondary N) is 1. The summed E-state index contributed by atoms with van der Waals surface area (Å²) in [7, 11) is 0. The van der Waals surface area contributed by atoms with Gasteiger partial charge in [0, 0.05) is 5.56 Å². The number of fused-ring (bicyclic) bond motifs is 1. The highest BCUT2D eigenvalue weighted by molar-refractivity contribution is 5.86. The summed E-state index contributed by atoms with van der Waals surface area (Å²) in [6.45, 7) is 5.75. The molecular weight excluding hydrogens is 388 g/mol. The van der Waals surface area contributed by atoms with Gasteiger partial charge in [-0.15, -0.1) is 0 Å². The van der Waals surface area contributed by atoms with E-state index in [1.165, 1.54) is 6.21 Å². The lowest BCUT2D eigenvalue weighted by atomic mass is 9.87. The summed E-state index contributed by atoms with van der Waals surface area (Å²) in [5, 5.41) is 14.5. The molecule has 2 aromatic rings. The third-order valence-electron chi connectivity index (χ3n) is 4.40. The SMILES string of the molecule is CC(C)(C)c1ccc2c(c1)O[C@@H](C(=O)N/N=C\c1ccccc1OCC(=O)[O-])CO2. The summed E-state index contributed by atoms with van der Waals surface area (Å²) in [5.41, 5.74) is 3.91. The zero-order valence-corrected chi connectivity index (χ0v) is 17.0. The van der Waals surface area contributed by atoms with E-state index in [1.807, 2.05) is 18.2 Å². The number of carbonyl (C=O) groups excluding carboxylic acids is 2. The van der Waals surface area contributed by atoms with E-state index in [9.17, 15) is 14.7 Å². The van der Waals surface area contributed by atoms with Gasteiger partial charge in [-0.05, 0) is 35.2 Å². The highest BCUT2D eigenvalue weighted by Crippen LogP contribution is 2.36. The molecule has 0 spiro atoms. The van der Waals surface area contributed by atoms with Crippen LogP contribution in [-0.2, 0) is 15.0 Å². The minimum absolute atomic E-state index is 0.0640. The Kier molecular flexibility index (Phi) is 6.25. The first-order chi connectivity index (χ1) is 14.2. The molecule has 0 unspecified atom stereocenters. The first kappa shape index (κ1) is 21.2. The van der Waals surface area contributed by atoms with Crippen molar-refractivity contribution < 1.29 is 28.9 Å². The summed E-state index contributed by atoms with van der Waals surface area (Å²) in [4.78, 5) is 23.0. The van der Waals surface area contributed by atoms with Crippen molar-refractivity contribution in [2.75, 3.05) is 13.2 Å². The highest BCUT2D eigenvalue weighted by Gasteiger charge is 2.28. The van der Waals surface area contributed by atoms with Crippen molar-refractivity contribution in [1.82, 2.24) is 5.43 Å². The van der Waals surface area contributed by atoms with E-state index in [4.69, 9.17) is 14.2 Å². The summed E-state index contributed by atoms with van der Waals surface area (Å²) in [6, 6.07) is 12.4. The van der Waals surface area contributed by atoms with Gasteiger partial charge in [0.2, 0.25) is 6.10 Å². The predicted octanol–water partition coefficient (Wildman–Crippen LogP) is 1.40. The van der Waals surface area contributed by atoms with Gasteiger partial charge in [0.15, 0.2) is 11.5 Å². The number of hydrogen-bond donors (Lipinski definition) is 1. The lowest BCUT2D eigenvalue weighted by molar-refractivity contribution is -0.307.